The Kier molecular flexibility index (Phi) is 6.83. The molecule has 6 nitrogen and oxygen atoms in total. The standard InChI is InChI=1S/C51H30N4O2/c1-3-13-31(14-4-1)49-52-50(54-51(53-49)40-20-12-24-44-48(40)39-18-8-10-23-43(39)56-44)33-26-28-37-36-27-25-32(29-45(36)57-46(37)30-33)35-19-11-22-42-47(35)38-17-7-9-21-41(38)55(42)34-15-5-2-6-16-34/h1-30H. The number of benzene rings is 8. The van der Waals surface area contributed by atoms with Crippen molar-refractivity contribution in [3.8, 4) is 51.0 Å². The van der Waals surface area contributed by atoms with Gasteiger partial charge in [-0.2, -0.15) is 0 Å². The normalized spacial score (nSPS) is 11.9. The van der Waals surface area contributed by atoms with Gasteiger partial charge in [-0.1, -0.05) is 121 Å². The van der Waals surface area contributed by atoms with E-state index >= 15 is 0 Å². The molecule has 0 saturated heterocycles. The van der Waals surface area contributed by atoms with E-state index < -0.39 is 0 Å². The Morgan fingerprint density at radius 2 is 0.912 bits per heavy atom. The van der Waals surface area contributed by atoms with Gasteiger partial charge in [0, 0.05) is 54.7 Å². The Labute approximate surface area is 325 Å². The van der Waals surface area contributed by atoms with E-state index in [1.54, 1.807) is 0 Å². The molecule has 0 unspecified atom stereocenters. The van der Waals surface area contributed by atoms with Gasteiger partial charge in [0.05, 0.1) is 11.0 Å². The van der Waals surface area contributed by atoms with Crippen molar-refractivity contribution < 1.29 is 8.83 Å². The van der Waals surface area contributed by atoms with E-state index in [1.165, 1.54) is 16.3 Å². The summed E-state index contributed by atoms with van der Waals surface area (Å²) in [5.41, 5.74) is 11.6. The fourth-order valence-corrected chi connectivity index (χ4v) is 8.50. The SMILES string of the molecule is c1ccc(-c2nc(-c3ccc4c(c3)oc3cc(-c5cccc6c5c5ccccc5n6-c5ccccc5)ccc34)nc(-c3cccc4oc5ccccc5c34)n2)cc1. The Morgan fingerprint density at radius 1 is 0.333 bits per heavy atom. The molecule has 0 aliphatic rings. The number of fused-ring (bicyclic) bond motifs is 9. The van der Waals surface area contributed by atoms with Gasteiger partial charge < -0.3 is 13.4 Å². The molecule has 4 aromatic heterocycles. The highest BCUT2D eigenvalue weighted by Crippen LogP contribution is 2.41. The van der Waals surface area contributed by atoms with E-state index in [1.807, 2.05) is 66.7 Å². The molecule has 0 spiro atoms. The Morgan fingerprint density at radius 3 is 1.74 bits per heavy atom. The predicted molar refractivity (Wildman–Crippen MR) is 230 cm³/mol. The van der Waals surface area contributed by atoms with Gasteiger partial charge in [0.2, 0.25) is 0 Å². The maximum Gasteiger partial charge on any atom is 0.164 e. The monoisotopic (exact) mass is 730 g/mol. The Balaban J connectivity index is 1.01. The molecule has 0 N–H and O–H groups in total. The van der Waals surface area contributed by atoms with Crippen molar-refractivity contribution in [3.05, 3.63) is 182 Å². The summed E-state index contributed by atoms with van der Waals surface area (Å²) in [4.78, 5) is 15.2. The summed E-state index contributed by atoms with van der Waals surface area (Å²) >= 11 is 0. The third-order valence-corrected chi connectivity index (χ3v) is 11.1. The molecule has 0 radical (unpaired) electrons. The fourth-order valence-electron chi connectivity index (χ4n) is 8.50. The molecular weight excluding hydrogens is 701 g/mol. The zero-order chi connectivity index (χ0) is 37.5. The highest BCUT2D eigenvalue weighted by Gasteiger charge is 2.20. The molecule has 12 aromatic rings. The van der Waals surface area contributed by atoms with E-state index in [0.29, 0.717) is 17.5 Å². The number of furan rings is 2. The van der Waals surface area contributed by atoms with Crippen molar-refractivity contribution >= 4 is 65.7 Å². The molecular formula is C51H30N4O2. The second-order valence-electron chi connectivity index (χ2n) is 14.4. The lowest BCUT2D eigenvalue weighted by Crippen LogP contribution is -2.00. The summed E-state index contributed by atoms with van der Waals surface area (Å²) in [6, 6.07) is 62.7. The lowest BCUT2D eigenvalue weighted by atomic mass is 9.98. The van der Waals surface area contributed by atoms with Crippen LogP contribution in [0.1, 0.15) is 0 Å². The summed E-state index contributed by atoms with van der Waals surface area (Å²) in [6.07, 6.45) is 0. The van der Waals surface area contributed by atoms with Gasteiger partial charge in [-0.3, -0.25) is 0 Å². The highest BCUT2D eigenvalue weighted by molar-refractivity contribution is 6.17. The van der Waals surface area contributed by atoms with Gasteiger partial charge in [0.1, 0.15) is 22.3 Å². The average molecular weight is 731 g/mol. The molecule has 0 atom stereocenters. The molecule has 0 bridgehead atoms. The van der Waals surface area contributed by atoms with Crippen LogP contribution in [0.3, 0.4) is 0 Å². The van der Waals surface area contributed by atoms with Crippen molar-refractivity contribution in [2.75, 3.05) is 0 Å². The lowest BCUT2D eigenvalue weighted by molar-refractivity contribution is 0.668. The maximum atomic E-state index is 6.69. The number of rotatable bonds is 5. The number of hydrogen-bond donors (Lipinski definition) is 0. The molecule has 6 heteroatoms. The molecule has 0 saturated carbocycles. The number of aromatic nitrogens is 4. The smallest absolute Gasteiger partial charge is 0.164 e. The minimum Gasteiger partial charge on any atom is -0.456 e. The quantitative estimate of drug-likeness (QED) is 0.176. The third kappa shape index (κ3) is 4.94. The Hall–Kier alpha value is -7.83. The van der Waals surface area contributed by atoms with Crippen LogP contribution in [0.15, 0.2) is 191 Å². The lowest BCUT2D eigenvalue weighted by Gasteiger charge is -2.09. The van der Waals surface area contributed by atoms with Crippen molar-refractivity contribution in [3.63, 3.8) is 0 Å². The average Bonchev–Trinajstić information content (AvgIpc) is 3.96. The highest BCUT2D eigenvalue weighted by atomic mass is 16.3. The fraction of sp³-hybridized carbons (Fsp3) is 0. The molecule has 0 aliphatic heterocycles. The second kappa shape index (κ2) is 12.3. The molecule has 57 heavy (non-hydrogen) atoms. The van der Waals surface area contributed by atoms with Crippen LogP contribution in [0.25, 0.3) is 117 Å². The van der Waals surface area contributed by atoms with Gasteiger partial charge in [0.25, 0.3) is 0 Å². The van der Waals surface area contributed by atoms with E-state index in [-0.39, 0.29) is 0 Å². The number of hydrogen-bond acceptors (Lipinski definition) is 5. The first-order chi connectivity index (χ1) is 28.2. The first kappa shape index (κ1) is 31.5. The largest absolute Gasteiger partial charge is 0.456 e. The van der Waals surface area contributed by atoms with Crippen LogP contribution in [-0.2, 0) is 0 Å². The first-order valence-corrected chi connectivity index (χ1v) is 19.0. The van der Waals surface area contributed by atoms with E-state index in [2.05, 4.69) is 120 Å². The second-order valence-corrected chi connectivity index (χ2v) is 14.4. The van der Waals surface area contributed by atoms with Crippen LogP contribution in [0.2, 0.25) is 0 Å². The summed E-state index contributed by atoms with van der Waals surface area (Å²) in [5, 5.41) is 6.52. The number of para-hydroxylation sites is 3. The van der Waals surface area contributed by atoms with Crippen LogP contribution in [-0.4, -0.2) is 19.5 Å². The van der Waals surface area contributed by atoms with Crippen molar-refractivity contribution in [1.82, 2.24) is 19.5 Å². The van der Waals surface area contributed by atoms with E-state index in [4.69, 9.17) is 23.8 Å². The summed E-state index contributed by atoms with van der Waals surface area (Å²) in [5.74, 6) is 1.74. The summed E-state index contributed by atoms with van der Waals surface area (Å²) in [6.45, 7) is 0. The summed E-state index contributed by atoms with van der Waals surface area (Å²) < 4.78 is 15.3. The van der Waals surface area contributed by atoms with Crippen LogP contribution in [0.5, 0.6) is 0 Å². The zero-order valence-electron chi connectivity index (χ0n) is 30.4. The van der Waals surface area contributed by atoms with Crippen LogP contribution in [0, 0.1) is 0 Å². The van der Waals surface area contributed by atoms with Crippen molar-refractivity contribution in [1.29, 1.82) is 0 Å². The molecule has 0 aliphatic carbocycles. The Bertz CT molecular complexity index is 3530. The summed E-state index contributed by atoms with van der Waals surface area (Å²) in [7, 11) is 0. The minimum atomic E-state index is 0.563. The van der Waals surface area contributed by atoms with Crippen LogP contribution < -0.4 is 0 Å². The van der Waals surface area contributed by atoms with Gasteiger partial charge in [-0.05, 0) is 71.8 Å². The van der Waals surface area contributed by atoms with Gasteiger partial charge in [-0.15, -0.1) is 0 Å². The minimum absolute atomic E-state index is 0.563. The number of nitrogens with zero attached hydrogens (tertiary/aromatic N) is 4. The zero-order valence-corrected chi connectivity index (χ0v) is 30.4. The predicted octanol–water partition coefficient (Wildman–Crippen LogP) is 13.4. The van der Waals surface area contributed by atoms with Crippen molar-refractivity contribution in [2.24, 2.45) is 0 Å². The molecule has 0 fully saturated rings. The topological polar surface area (TPSA) is 69.9 Å². The van der Waals surface area contributed by atoms with Gasteiger partial charge in [0.15, 0.2) is 17.5 Å². The van der Waals surface area contributed by atoms with Gasteiger partial charge >= 0.3 is 0 Å². The van der Waals surface area contributed by atoms with E-state index in [0.717, 1.165) is 82.9 Å². The van der Waals surface area contributed by atoms with Crippen LogP contribution >= 0.6 is 0 Å². The first-order valence-electron chi connectivity index (χ1n) is 19.0. The molecule has 0 amide bonds. The van der Waals surface area contributed by atoms with Gasteiger partial charge in [-0.25, -0.2) is 15.0 Å². The molecule has 8 aromatic carbocycles. The maximum absolute atomic E-state index is 6.69. The molecule has 12 rings (SSSR count). The van der Waals surface area contributed by atoms with Crippen LogP contribution in [0.4, 0.5) is 0 Å². The third-order valence-electron chi connectivity index (χ3n) is 11.1. The molecule has 4 heterocycles. The van der Waals surface area contributed by atoms with E-state index in [9.17, 15) is 0 Å². The van der Waals surface area contributed by atoms with Crippen molar-refractivity contribution in [2.45, 2.75) is 0 Å². The molecule has 266 valence electrons.